The highest BCUT2D eigenvalue weighted by Crippen LogP contribution is 2.38. The molecule has 0 aliphatic heterocycles. The first kappa shape index (κ1) is 18.5. The number of nitrogens with one attached hydrogen (secondary N) is 2. The van der Waals surface area contributed by atoms with Crippen molar-refractivity contribution in [1.29, 1.82) is 0 Å². The fraction of sp³-hybridized carbons (Fsp3) is 0.409. The van der Waals surface area contributed by atoms with Gasteiger partial charge in [-0.3, -0.25) is 10.1 Å². The SMILES string of the molecule is CC/C=C/Nc1n[nH]c(C2CC2)n1.c1cnc2c(OC3CCC3)cccc2c1. The number of aromatic amines is 1. The second-order valence-corrected chi connectivity index (χ2v) is 7.28. The number of benzene rings is 1. The van der Waals surface area contributed by atoms with Crippen molar-refractivity contribution in [1.82, 2.24) is 20.2 Å². The molecule has 2 aliphatic carbocycles. The van der Waals surface area contributed by atoms with Crippen LogP contribution in [0, 0.1) is 0 Å². The third kappa shape index (κ3) is 4.68. The van der Waals surface area contributed by atoms with E-state index in [1.54, 1.807) is 0 Å². The second kappa shape index (κ2) is 8.87. The van der Waals surface area contributed by atoms with Crippen LogP contribution in [-0.2, 0) is 0 Å². The maximum absolute atomic E-state index is 5.90. The molecule has 2 heterocycles. The Balaban J connectivity index is 0.000000139. The van der Waals surface area contributed by atoms with Crippen LogP contribution in [0.4, 0.5) is 5.95 Å². The largest absolute Gasteiger partial charge is 0.488 e. The molecule has 0 bridgehead atoms. The van der Waals surface area contributed by atoms with Gasteiger partial charge in [-0.2, -0.15) is 4.98 Å². The van der Waals surface area contributed by atoms with Crippen LogP contribution in [0.25, 0.3) is 10.9 Å². The summed E-state index contributed by atoms with van der Waals surface area (Å²) in [6.07, 6.45) is 13.3. The lowest BCUT2D eigenvalue weighted by atomic mass is 9.96. The number of rotatable bonds is 6. The molecule has 28 heavy (non-hydrogen) atoms. The van der Waals surface area contributed by atoms with Crippen molar-refractivity contribution in [2.24, 2.45) is 0 Å². The minimum Gasteiger partial charge on any atom is -0.488 e. The Hall–Kier alpha value is -2.89. The molecule has 2 fully saturated rings. The number of H-pyrrole nitrogens is 1. The van der Waals surface area contributed by atoms with Crippen LogP contribution in [0.1, 0.15) is 57.2 Å². The third-order valence-electron chi connectivity index (χ3n) is 4.97. The monoisotopic (exact) mass is 377 g/mol. The number of anilines is 1. The van der Waals surface area contributed by atoms with Crippen LogP contribution in [0.3, 0.4) is 0 Å². The molecule has 6 nitrogen and oxygen atoms in total. The summed E-state index contributed by atoms with van der Waals surface area (Å²) in [4.78, 5) is 8.68. The first-order valence-electron chi connectivity index (χ1n) is 10.2. The molecule has 0 saturated heterocycles. The average Bonchev–Trinajstić information content (AvgIpc) is 3.44. The predicted molar refractivity (Wildman–Crippen MR) is 111 cm³/mol. The van der Waals surface area contributed by atoms with Gasteiger partial charge in [0.25, 0.3) is 0 Å². The molecule has 5 rings (SSSR count). The van der Waals surface area contributed by atoms with E-state index in [0.717, 1.165) is 28.9 Å². The summed E-state index contributed by atoms with van der Waals surface area (Å²) < 4.78 is 5.90. The summed E-state index contributed by atoms with van der Waals surface area (Å²) >= 11 is 0. The van der Waals surface area contributed by atoms with Gasteiger partial charge in [0.15, 0.2) is 0 Å². The zero-order valence-corrected chi connectivity index (χ0v) is 16.3. The van der Waals surface area contributed by atoms with Crippen LogP contribution in [-0.4, -0.2) is 26.3 Å². The fourth-order valence-electron chi connectivity index (χ4n) is 2.97. The number of hydrogen-bond donors (Lipinski definition) is 2. The number of fused-ring (bicyclic) bond motifs is 1. The second-order valence-electron chi connectivity index (χ2n) is 7.28. The van der Waals surface area contributed by atoms with Gasteiger partial charge in [0.2, 0.25) is 5.95 Å². The van der Waals surface area contributed by atoms with Gasteiger partial charge in [-0.05, 0) is 56.9 Å². The summed E-state index contributed by atoms with van der Waals surface area (Å²) in [6.45, 7) is 2.09. The normalized spacial score (nSPS) is 16.5. The highest BCUT2D eigenvalue weighted by atomic mass is 16.5. The Kier molecular flexibility index (Phi) is 5.85. The lowest BCUT2D eigenvalue weighted by Gasteiger charge is -2.26. The zero-order valence-electron chi connectivity index (χ0n) is 16.3. The first-order chi connectivity index (χ1) is 13.8. The Morgan fingerprint density at radius 3 is 2.79 bits per heavy atom. The Morgan fingerprint density at radius 2 is 2.04 bits per heavy atom. The predicted octanol–water partition coefficient (Wildman–Crippen LogP) is 5.18. The van der Waals surface area contributed by atoms with E-state index in [1.807, 2.05) is 36.7 Å². The summed E-state index contributed by atoms with van der Waals surface area (Å²) in [5.74, 6) is 3.26. The van der Waals surface area contributed by atoms with E-state index >= 15 is 0 Å². The Labute approximate surface area is 165 Å². The van der Waals surface area contributed by atoms with E-state index in [9.17, 15) is 0 Å². The highest BCUT2D eigenvalue weighted by molar-refractivity contribution is 5.84. The minimum atomic E-state index is 0.414. The Morgan fingerprint density at radius 1 is 1.18 bits per heavy atom. The van der Waals surface area contributed by atoms with Gasteiger partial charge in [-0.25, -0.2) is 0 Å². The highest BCUT2D eigenvalue weighted by Gasteiger charge is 2.26. The number of aromatic nitrogens is 4. The molecular weight excluding hydrogens is 350 g/mol. The summed E-state index contributed by atoms with van der Waals surface area (Å²) in [7, 11) is 0. The van der Waals surface area contributed by atoms with Crippen molar-refractivity contribution < 1.29 is 4.74 Å². The fourth-order valence-corrected chi connectivity index (χ4v) is 2.97. The lowest BCUT2D eigenvalue weighted by molar-refractivity contribution is 0.122. The molecule has 0 unspecified atom stereocenters. The number of nitrogens with zero attached hydrogens (tertiary/aromatic N) is 3. The number of pyridine rings is 1. The Bertz CT molecular complexity index is 922. The molecule has 6 heteroatoms. The van der Waals surface area contributed by atoms with E-state index in [4.69, 9.17) is 4.74 Å². The van der Waals surface area contributed by atoms with E-state index in [-0.39, 0.29) is 0 Å². The van der Waals surface area contributed by atoms with Gasteiger partial charge in [0.05, 0.1) is 6.10 Å². The molecule has 146 valence electrons. The van der Waals surface area contributed by atoms with Gasteiger partial charge >= 0.3 is 0 Å². The van der Waals surface area contributed by atoms with Gasteiger partial charge in [0.1, 0.15) is 17.1 Å². The zero-order chi connectivity index (χ0) is 19.2. The summed E-state index contributed by atoms with van der Waals surface area (Å²) in [5, 5.41) is 11.1. The quantitative estimate of drug-likeness (QED) is 0.619. The van der Waals surface area contributed by atoms with Gasteiger partial charge in [-0.15, -0.1) is 5.10 Å². The molecule has 0 amide bonds. The topological polar surface area (TPSA) is 75.7 Å². The van der Waals surface area contributed by atoms with E-state index in [2.05, 4.69) is 44.5 Å². The average molecular weight is 377 g/mol. The van der Waals surface area contributed by atoms with E-state index in [1.165, 1.54) is 32.1 Å². The molecule has 3 aromatic rings. The standard InChI is InChI=1S/C13H13NO.C9H14N4/c1-4-10-5-3-9-14-13(10)12(8-1)15-11-6-2-7-11;1-2-3-6-10-9-11-8(12-13-9)7-4-5-7/h1,3-5,8-9,11H,2,6-7H2;3,6-7H,2,4-5H2,1H3,(H2,10,11,12,13)/b;6-3+. The summed E-state index contributed by atoms with van der Waals surface area (Å²) in [5.41, 5.74) is 0.979. The van der Waals surface area contributed by atoms with E-state index < -0.39 is 0 Å². The smallest absolute Gasteiger partial charge is 0.246 e. The molecular formula is C22H27N5O. The van der Waals surface area contributed by atoms with Crippen LogP contribution in [0.2, 0.25) is 0 Å². The van der Waals surface area contributed by atoms with Crippen molar-refractivity contribution in [2.75, 3.05) is 5.32 Å². The maximum atomic E-state index is 5.90. The lowest BCUT2D eigenvalue weighted by Crippen LogP contribution is -2.24. The molecule has 0 atom stereocenters. The molecule has 0 radical (unpaired) electrons. The van der Waals surface area contributed by atoms with Crippen molar-refractivity contribution in [3.8, 4) is 5.75 Å². The molecule has 1 aromatic carbocycles. The molecule has 0 spiro atoms. The van der Waals surface area contributed by atoms with Crippen molar-refractivity contribution in [3.63, 3.8) is 0 Å². The van der Waals surface area contributed by atoms with Crippen molar-refractivity contribution in [2.45, 2.75) is 57.5 Å². The molecule has 2 aromatic heterocycles. The number of ether oxygens (including phenoxy) is 1. The summed E-state index contributed by atoms with van der Waals surface area (Å²) in [6, 6.07) is 10.1. The van der Waals surface area contributed by atoms with Crippen LogP contribution in [0.5, 0.6) is 5.75 Å². The van der Waals surface area contributed by atoms with Crippen LogP contribution in [0.15, 0.2) is 48.8 Å². The number of allylic oxidation sites excluding steroid dienone is 1. The minimum absolute atomic E-state index is 0.414. The third-order valence-corrected chi connectivity index (χ3v) is 4.97. The maximum Gasteiger partial charge on any atom is 0.246 e. The van der Waals surface area contributed by atoms with Gasteiger partial charge in [-0.1, -0.05) is 31.2 Å². The number of hydrogen-bond acceptors (Lipinski definition) is 5. The molecule has 2 aliphatic rings. The first-order valence-corrected chi connectivity index (χ1v) is 10.2. The van der Waals surface area contributed by atoms with Crippen LogP contribution >= 0.6 is 0 Å². The van der Waals surface area contributed by atoms with Crippen molar-refractivity contribution in [3.05, 3.63) is 54.6 Å². The van der Waals surface area contributed by atoms with E-state index in [0.29, 0.717) is 18.0 Å². The van der Waals surface area contributed by atoms with Gasteiger partial charge in [0, 0.05) is 17.5 Å². The van der Waals surface area contributed by atoms with Crippen LogP contribution < -0.4 is 10.1 Å². The number of para-hydroxylation sites is 1. The molecule has 2 N–H and O–H groups in total. The molecule has 2 saturated carbocycles. The van der Waals surface area contributed by atoms with Crippen molar-refractivity contribution >= 4 is 16.9 Å². The van der Waals surface area contributed by atoms with Gasteiger partial charge < -0.3 is 10.1 Å².